The molecule has 3 heteroatoms. The molecule has 0 spiro atoms. The van der Waals surface area contributed by atoms with Crippen molar-refractivity contribution in [2.75, 3.05) is 6.61 Å². The van der Waals surface area contributed by atoms with Crippen molar-refractivity contribution >= 4 is 17.9 Å². The van der Waals surface area contributed by atoms with Crippen molar-refractivity contribution in [3.8, 4) is 5.75 Å². The molecule has 1 aromatic carbocycles. The smallest absolute Gasteiger partial charge is 0.122 e. The van der Waals surface area contributed by atoms with Crippen molar-refractivity contribution in [3.05, 3.63) is 28.8 Å². The minimum absolute atomic E-state index is 0.151. The molecule has 0 aliphatic heterocycles. The highest BCUT2D eigenvalue weighted by Gasteiger charge is 2.19. The molecular weight excluding hydrogens is 248 g/mol. The molecule has 0 bridgehead atoms. The lowest BCUT2D eigenvalue weighted by molar-refractivity contribution is -0.108. The van der Waals surface area contributed by atoms with Crippen LogP contribution in [-0.2, 0) is 4.79 Å². The van der Waals surface area contributed by atoms with Gasteiger partial charge in [-0.15, -0.1) is 0 Å². The molecule has 0 radical (unpaired) electrons. The molecule has 0 aromatic heterocycles. The number of aldehydes is 1. The van der Waals surface area contributed by atoms with Gasteiger partial charge in [-0.25, -0.2) is 0 Å². The highest BCUT2D eigenvalue weighted by molar-refractivity contribution is 6.30. The Kier molecular flexibility index (Phi) is 4.65. The summed E-state index contributed by atoms with van der Waals surface area (Å²) < 4.78 is 5.89. The Bertz CT molecular complexity index is 413. The van der Waals surface area contributed by atoms with Crippen LogP contribution in [0.3, 0.4) is 0 Å². The first kappa shape index (κ1) is 13.4. The van der Waals surface area contributed by atoms with Crippen molar-refractivity contribution in [2.24, 2.45) is 5.92 Å². The third-order valence-electron chi connectivity index (χ3n) is 3.65. The summed E-state index contributed by atoms with van der Waals surface area (Å²) in [7, 11) is 0. The van der Waals surface area contributed by atoms with Gasteiger partial charge in [0, 0.05) is 11.4 Å². The van der Waals surface area contributed by atoms with E-state index in [-0.39, 0.29) is 5.92 Å². The first-order chi connectivity index (χ1) is 8.70. The molecule has 1 fully saturated rings. The number of ether oxygens (including phenoxy) is 1. The Morgan fingerprint density at radius 3 is 2.89 bits per heavy atom. The van der Waals surface area contributed by atoms with Crippen LogP contribution in [0.1, 0.15) is 44.1 Å². The van der Waals surface area contributed by atoms with E-state index in [0.29, 0.717) is 17.4 Å². The number of hydrogen-bond acceptors (Lipinski definition) is 2. The quantitative estimate of drug-likeness (QED) is 0.721. The number of carbonyl (C=O) groups is 1. The second kappa shape index (κ2) is 6.24. The summed E-state index contributed by atoms with van der Waals surface area (Å²) in [4.78, 5) is 10.6. The molecule has 2 nitrogen and oxygen atoms in total. The summed E-state index contributed by atoms with van der Waals surface area (Å²) in [5.41, 5.74) is 1.04. The van der Waals surface area contributed by atoms with E-state index in [1.165, 1.54) is 19.3 Å². The molecule has 0 saturated heterocycles. The van der Waals surface area contributed by atoms with Gasteiger partial charge < -0.3 is 9.53 Å². The third-order valence-corrected chi connectivity index (χ3v) is 3.89. The van der Waals surface area contributed by atoms with Gasteiger partial charge in [-0.2, -0.15) is 0 Å². The zero-order valence-electron chi connectivity index (χ0n) is 10.7. The number of halogens is 1. The average molecular weight is 267 g/mol. The van der Waals surface area contributed by atoms with Crippen LogP contribution in [-0.4, -0.2) is 12.9 Å². The van der Waals surface area contributed by atoms with Crippen LogP contribution in [0.25, 0.3) is 0 Å². The zero-order chi connectivity index (χ0) is 13.0. The van der Waals surface area contributed by atoms with Gasteiger partial charge in [-0.05, 0) is 48.4 Å². The Labute approximate surface area is 113 Å². The molecule has 0 N–H and O–H groups in total. The highest BCUT2D eigenvalue weighted by Crippen LogP contribution is 2.33. The molecule has 1 aliphatic rings. The van der Waals surface area contributed by atoms with Gasteiger partial charge in [-0.3, -0.25) is 0 Å². The van der Waals surface area contributed by atoms with E-state index in [9.17, 15) is 4.79 Å². The van der Waals surface area contributed by atoms with E-state index >= 15 is 0 Å². The monoisotopic (exact) mass is 266 g/mol. The van der Waals surface area contributed by atoms with E-state index in [0.717, 1.165) is 24.2 Å². The number of carbonyl (C=O) groups excluding carboxylic acids is 1. The van der Waals surface area contributed by atoms with E-state index in [2.05, 4.69) is 0 Å². The van der Waals surface area contributed by atoms with E-state index < -0.39 is 0 Å². The van der Waals surface area contributed by atoms with Gasteiger partial charge >= 0.3 is 0 Å². The fourth-order valence-electron chi connectivity index (χ4n) is 2.17. The van der Waals surface area contributed by atoms with Crippen LogP contribution >= 0.6 is 11.6 Å². The van der Waals surface area contributed by atoms with Crippen LogP contribution in [0.2, 0.25) is 5.02 Å². The van der Waals surface area contributed by atoms with Gasteiger partial charge in [0.05, 0.1) is 6.61 Å². The highest BCUT2D eigenvalue weighted by atomic mass is 35.5. The fourth-order valence-corrected chi connectivity index (χ4v) is 2.35. The molecule has 1 aliphatic carbocycles. The minimum Gasteiger partial charge on any atom is -0.493 e. The maximum Gasteiger partial charge on any atom is 0.122 e. The molecule has 18 heavy (non-hydrogen) atoms. The lowest BCUT2D eigenvalue weighted by Crippen LogP contribution is -2.19. The standard InChI is InChI=1S/C15H19ClO2/c1-11(7-8-17)14-9-13(16)5-6-15(14)18-10-12-3-2-4-12/h5-6,8-9,11-12H,2-4,7,10H2,1H3. The summed E-state index contributed by atoms with van der Waals surface area (Å²) in [5.74, 6) is 1.73. The molecular formula is C15H19ClO2. The summed E-state index contributed by atoms with van der Waals surface area (Å²) in [6, 6.07) is 5.66. The summed E-state index contributed by atoms with van der Waals surface area (Å²) in [5, 5.41) is 0.693. The third kappa shape index (κ3) is 3.26. The van der Waals surface area contributed by atoms with E-state index in [4.69, 9.17) is 16.3 Å². The van der Waals surface area contributed by atoms with Crippen LogP contribution in [0.4, 0.5) is 0 Å². The number of benzene rings is 1. The van der Waals surface area contributed by atoms with E-state index in [1.54, 1.807) is 0 Å². The molecule has 1 aromatic rings. The number of rotatable bonds is 6. The second-order valence-corrected chi connectivity index (χ2v) is 5.53. The topological polar surface area (TPSA) is 26.3 Å². The average Bonchev–Trinajstić information content (AvgIpc) is 2.29. The van der Waals surface area contributed by atoms with Gasteiger partial charge in [-0.1, -0.05) is 24.9 Å². The van der Waals surface area contributed by atoms with Gasteiger partial charge in [0.15, 0.2) is 0 Å². The first-order valence-corrected chi connectivity index (χ1v) is 6.94. The van der Waals surface area contributed by atoms with Gasteiger partial charge in [0.1, 0.15) is 12.0 Å². The molecule has 1 atom stereocenters. The van der Waals surface area contributed by atoms with Crippen molar-refractivity contribution in [1.82, 2.24) is 0 Å². The molecule has 1 unspecified atom stereocenters. The summed E-state index contributed by atoms with van der Waals surface area (Å²) in [6.45, 7) is 2.80. The zero-order valence-corrected chi connectivity index (χ0v) is 11.5. The number of hydrogen-bond donors (Lipinski definition) is 0. The summed E-state index contributed by atoms with van der Waals surface area (Å²) in [6.07, 6.45) is 5.31. The van der Waals surface area contributed by atoms with E-state index in [1.807, 2.05) is 25.1 Å². The van der Waals surface area contributed by atoms with Crippen molar-refractivity contribution in [1.29, 1.82) is 0 Å². The Morgan fingerprint density at radius 1 is 1.50 bits per heavy atom. The molecule has 1 saturated carbocycles. The normalized spacial score (nSPS) is 17.0. The maximum absolute atomic E-state index is 10.6. The van der Waals surface area contributed by atoms with Crippen LogP contribution in [0, 0.1) is 5.92 Å². The second-order valence-electron chi connectivity index (χ2n) is 5.09. The van der Waals surface area contributed by atoms with Crippen molar-refractivity contribution < 1.29 is 9.53 Å². The lowest BCUT2D eigenvalue weighted by atomic mass is 9.86. The lowest BCUT2D eigenvalue weighted by Gasteiger charge is -2.26. The Morgan fingerprint density at radius 2 is 2.28 bits per heavy atom. The van der Waals surface area contributed by atoms with Gasteiger partial charge in [0.2, 0.25) is 0 Å². The molecule has 0 heterocycles. The maximum atomic E-state index is 10.6. The first-order valence-electron chi connectivity index (χ1n) is 6.56. The molecule has 0 amide bonds. The van der Waals surface area contributed by atoms with Gasteiger partial charge in [0.25, 0.3) is 0 Å². The Hall–Kier alpha value is -1.02. The Balaban J connectivity index is 2.08. The van der Waals surface area contributed by atoms with Crippen molar-refractivity contribution in [2.45, 2.75) is 38.5 Å². The predicted octanol–water partition coefficient (Wildman–Crippen LogP) is 4.21. The fraction of sp³-hybridized carbons (Fsp3) is 0.533. The SMILES string of the molecule is CC(CC=O)c1cc(Cl)ccc1OCC1CCC1. The van der Waals surface area contributed by atoms with Crippen LogP contribution < -0.4 is 4.74 Å². The summed E-state index contributed by atoms with van der Waals surface area (Å²) >= 11 is 6.02. The van der Waals surface area contributed by atoms with Crippen molar-refractivity contribution in [3.63, 3.8) is 0 Å². The molecule has 2 rings (SSSR count). The largest absolute Gasteiger partial charge is 0.493 e. The predicted molar refractivity (Wildman–Crippen MR) is 73.4 cm³/mol. The van der Waals surface area contributed by atoms with Crippen LogP contribution in [0.15, 0.2) is 18.2 Å². The van der Waals surface area contributed by atoms with Crippen LogP contribution in [0.5, 0.6) is 5.75 Å². The molecule has 98 valence electrons. The minimum atomic E-state index is 0.151.